The highest BCUT2D eigenvalue weighted by Gasteiger charge is 2.20. The number of anilines is 1. The van der Waals surface area contributed by atoms with Crippen molar-refractivity contribution in [3.63, 3.8) is 0 Å². The predicted octanol–water partition coefficient (Wildman–Crippen LogP) is 3.57. The van der Waals surface area contributed by atoms with Crippen LogP contribution in [0.25, 0.3) is 0 Å². The summed E-state index contributed by atoms with van der Waals surface area (Å²) in [6.45, 7) is 5.63. The molecule has 3 nitrogen and oxygen atoms in total. The molecule has 0 saturated carbocycles. The highest BCUT2D eigenvalue weighted by atomic mass is 32.1. The molecule has 0 aliphatic heterocycles. The molecular formula is C17H22N2OS. The van der Waals surface area contributed by atoms with Gasteiger partial charge in [0.2, 0.25) is 0 Å². The van der Waals surface area contributed by atoms with Gasteiger partial charge in [-0.25, -0.2) is 0 Å². The number of benzene rings is 1. The first-order valence-electron chi connectivity index (χ1n) is 7.07. The van der Waals surface area contributed by atoms with Gasteiger partial charge in [-0.1, -0.05) is 18.2 Å². The molecule has 21 heavy (non-hydrogen) atoms. The van der Waals surface area contributed by atoms with Crippen LogP contribution in [-0.2, 0) is 0 Å². The van der Waals surface area contributed by atoms with Gasteiger partial charge >= 0.3 is 0 Å². The van der Waals surface area contributed by atoms with E-state index in [0.717, 1.165) is 17.1 Å². The molecule has 0 aliphatic rings. The Balaban J connectivity index is 2.28. The molecule has 0 saturated heterocycles. The Kier molecular flexibility index (Phi) is 5.15. The highest BCUT2D eigenvalue weighted by Crippen LogP contribution is 2.24. The fourth-order valence-electron chi connectivity index (χ4n) is 2.07. The number of likely N-dealkylation sites (N-methyl/N-ethyl adjacent to an activating group) is 1. The standard InChI is InChI=1S/C17H22N2OS/c1-13-12-16(21-14(13)2)17(20)19(11-10-18(3)4)15-8-6-5-7-9-15/h5-9,12H,10-11H2,1-4H3. The van der Waals surface area contributed by atoms with Crippen molar-refractivity contribution in [2.45, 2.75) is 13.8 Å². The molecule has 0 spiro atoms. The number of amides is 1. The van der Waals surface area contributed by atoms with Crippen LogP contribution in [0.1, 0.15) is 20.1 Å². The maximum Gasteiger partial charge on any atom is 0.268 e. The Hall–Kier alpha value is -1.65. The summed E-state index contributed by atoms with van der Waals surface area (Å²) in [5.74, 6) is 0.0873. The van der Waals surface area contributed by atoms with Gasteiger partial charge in [-0.15, -0.1) is 11.3 Å². The van der Waals surface area contributed by atoms with Crippen LogP contribution < -0.4 is 4.90 Å². The summed E-state index contributed by atoms with van der Waals surface area (Å²) in [6, 6.07) is 11.9. The number of hydrogen-bond donors (Lipinski definition) is 0. The fraction of sp³-hybridized carbons (Fsp3) is 0.353. The minimum atomic E-state index is 0.0873. The summed E-state index contributed by atoms with van der Waals surface area (Å²) in [6.07, 6.45) is 0. The molecule has 0 fully saturated rings. The smallest absolute Gasteiger partial charge is 0.268 e. The van der Waals surface area contributed by atoms with Gasteiger partial charge in [0, 0.05) is 23.7 Å². The molecule has 2 rings (SSSR count). The second-order valence-corrected chi connectivity index (χ2v) is 6.70. The Bertz CT molecular complexity index is 585. The van der Waals surface area contributed by atoms with Crippen LogP contribution in [0.5, 0.6) is 0 Å². The summed E-state index contributed by atoms with van der Waals surface area (Å²) in [5.41, 5.74) is 2.14. The summed E-state index contributed by atoms with van der Waals surface area (Å²) in [7, 11) is 4.04. The Labute approximate surface area is 130 Å². The molecule has 0 atom stereocenters. The normalized spacial score (nSPS) is 10.9. The lowest BCUT2D eigenvalue weighted by Crippen LogP contribution is -2.36. The Morgan fingerprint density at radius 3 is 2.29 bits per heavy atom. The topological polar surface area (TPSA) is 23.6 Å². The quantitative estimate of drug-likeness (QED) is 0.843. The van der Waals surface area contributed by atoms with Gasteiger partial charge < -0.3 is 9.80 Å². The zero-order valence-corrected chi connectivity index (χ0v) is 13.9. The zero-order chi connectivity index (χ0) is 15.4. The predicted molar refractivity (Wildman–Crippen MR) is 90.5 cm³/mol. The minimum Gasteiger partial charge on any atom is -0.308 e. The molecule has 4 heteroatoms. The molecule has 2 aromatic rings. The lowest BCUT2D eigenvalue weighted by Gasteiger charge is -2.24. The van der Waals surface area contributed by atoms with E-state index in [1.165, 1.54) is 10.4 Å². The van der Waals surface area contributed by atoms with Gasteiger partial charge in [-0.2, -0.15) is 0 Å². The average molecular weight is 302 g/mol. The molecule has 1 aromatic heterocycles. The third-order valence-electron chi connectivity index (χ3n) is 3.46. The lowest BCUT2D eigenvalue weighted by atomic mass is 10.2. The molecule has 1 heterocycles. The fourth-order valence-corrected chi connectivity index (χ4v) is 3.05. The van der Waals surface area contributed by atoms with Crippen LogP contribution in [0.3, 0.4) is 0 Å². The van der Waals surface area contributed by atoms with E-state index in [-0.39, 0.29) is 5.91 Å². The lowest BCUT2D eigenvalue weighted by molar-refractivity contribution is 0.0989. The summed E-state index contributed by atoms with van der Waals surface area (Å²) in [4.78, 5) is 18.8. The minimum absolute atomic E-state index is 0.0873. The van der Waals surface area contributed by atoms with Gasteiger partial charge in [0.25, 0.3) is 5.91 Å². The SMILES string of the molecule is Cc1cc(C(=O)N(CCN(C)C)c2ccccc2)sc1C. The number of carbonyl (C=O) groups is 1. The second-order valence-electron chi connectivity index (χ2n) is 5.45. The maximum atomic E-state index is 12.8. The first kappa shape index (κ1) is 15.7. The Morgan fingerprint density at radius 2 is 1.76 bits per heavy atom. The van der Waals surface area contributed by atoms with Crippen LogP contribution in [0.15, 0.2) is 36.4 Å². The summed E-state index contributed by atoms with van der Waals surface area (Å²) >= 11 is 1.57. The molecule has 0 radical (unpaired) electrons. The van der Waals surface area contributed by atoms with Gasteiger partial charge in [0.05, 0.1) is 4.88 Å². The number of aryl methyl sites for hydroxylation is 2. The van der Waals surface area contributed by atoms with Crippen molar-refractivity contribution in [1.82, 2.24) is 4.90 Å². The summed E-state index contributed by atoms with van der Waals surface area (Å²) < 4.78 is 0. The number of rotatable bonds is 5. The van der Waals surface area contributed by atoms with Gasteiger partial charge in [0.1, 0.15) is 0 Å². The number of para-hydroxylation sites is 1. The second kappa shape index (κ2) is 6.87. The summed E-state index contributed by atoms with van der Waals surface area (Å²) in [5, 5.41) is 0. The molecule has 1 amide bonds. The van der Waals surface area contributed by atoms with Crippen molar-refractivity contribution < 1.29 is 4.79 Å². The van der Waals surface area contributed by atoms with Gasteiger partial charge in [-0.3, -0.25) is 4.79 Å². The van der Waals surface area contributed by atoms with Crippen LogP contribution in [0.4, 0.5) is 5.69 Å². The monoisotopic (exact) mass is 302 g/mol. The molecule has 112 valence electrons. The van der Waals surface area contributed by atoms with Gasteiger partial charge in [-0.05, 0) is 51.7 Å². The Morgan fingerprint density at radius 1 is 1.10 bits per heavy atom. The van der Waals surface area contributed by atoms with Crippen molar-refractivity contribution >= 4 is 22.9 Å². The molecule has 0 N–H and O–H groups in total. The van der Waals surface area contributed by atoms with Gasteiger partial charge in [0.15, 0.2) is 0 Å². The highest BCUT2D eigenvalue weighted by molar-refractivity contribution is 7.14. The van der Waals surface area contributed by atoms with Crippen LogP contribution in [0.2, 0.25) is 0 Å². The number of carbonyl (C=O) groups excluding carboxylic acids is 1. The zero-order valence-electron chi connectivity index (χ0n) is 13.1. The van der Waals surface area contributed by atoms with Crippen molar-refractivity contribution in [2.24, 2.45) is 0 Å². The van der Waals surface area contributed by atoms with E-state index in [0.29, 0.717) is 6.54 Å². The van der Waals surface area contributed by atoms with E-state index in [1.807, 2.05) is 55.4 Å². The van der Waals surface area contributed by atoms with E-state index < -0.39 is 0 Å². The van der Waals surface area contributed by atoms with Crippen molar-refractivity contribution in [3.8, 4) is 0 Å². The molecule has 0 unspecified atom stereocenters. The molecule has 1 aromatic carbocycles. The van der Waals surface area contributed by atoms with E-state index in [9.17, 15) is 4.79 Å². The number of nitrogens with zero attached hydrogens (tertiary/aromatic N) is 2. The largest absolute Gasteiger partial charge is 0.308 e. The third kappa shape index (κ3) is 3.93. The van der Waals surface area contributed by atoms with Crippen LogP contribution in [-0.4, -0.2) is 38.0 Å². The third-order valence-corrected chi connectivity index (χ3v) is 4.60. The maximum absolute atomic E-state index is 12.8. The van der Waals surface area contributed by atoms with E-state index in [4.69, 9.17) is 0 Å². The average Bonchev–Trinajstić information content (AvgIpc) is 2.79. The van der Waals surface area contributed by atoms with Crippen molar-refractivity contribution in [2.75, 3.05) is 32.1 Å². The number of hydrogen-bond acceptors (Lipinski definition) is 3. The number of thiophene rings is 1. The van der Waals surface area contributed by atoms with E-state index in [2.05, 4.69) is 18.7 Å². The van der Waals surface area contributed by atoms with E-state index >= 15 is 0 Å². The molecular weight excluding hydrogens is 280 g/mol. The van der Waals surface area contributed by atoms with Crippen molar-refractivity contribution in [1.29, 1.82) is 0 Å². The molecule has 0 bridgehead atoms. The van der Waals surface area contributed by atoms with E-state index in [1.54, 1.807) is 11.3 Å². The van der Waals surface area contributed by atoms with Crippen molar-refractivity contribution in [3.05, 3.63) is 51.7 Å². The molecule has 0 aliphatic carbocycles. The van der Waals surface area contributed by atoms with Crippen LogP contribution >= 0.6 is 11.3 Å². The first-order chi connectivity index (χ1) is 9.99. The van der Waals surface area contributed by atoms with Crippen LogP contribution in [0, 0.1) is 13.8 Å². The first-order valence-corrected chi connectivity index (χ1v) is 7.89.